The van der Waals surface area contributed by atoms with Gasteiger partial charge in [-0.25, -0.2) is 13.1 Å². The Kier molecular flexibility index (Phi) is 9.44. The standard InChI is InChI=1S/C17H24IN3O2S.ClH/c1-21(2)16-8-3-7-15-14(16)6-4-9-17(15)24(22,23)20-13-12-19-11-5-10-18;/h3-4,6-9,19-20H,5,10-13H2,1-2H3;1H. The summed E-state index contributed by atoms with van der Waals surface area (Å²) >= 11 is 2.33. The van der Waals surface area contributed by atoms with Crippen molar-refractivity contribution in [2.24, 2.45) is 0 Å². The molecule has 0 aromatic heterocycles. The molecule has 2 aromatic carbocycles. The van der Waals surface area contributed by atoms with Gasteiger partial charge in [0.1, 0.15) is 0 Å². The molecule has 0 aliphatic carbocycles. The van der Waals surface area contributed by atoms with Crippen molar-refractivity contribution in [3.8, 4) is 0 Å². The van der Waals surface area contributed by atoms with Gasteiger partial charge >= 0.3 is 0 Å². The Morgan fingerprint density at radius 3 is 2.36 bits per heavy atom. The van der Waals surface area contributed by atoms with Gasteiger partial charge in [-0.1, -0.05) is 46.9 Å². The molecule has 0 amide bonds. The molecule has 2 aromatic rings. The van der Waals surface area contributed by atoms with E-state index < -0.39 is 10.0 Å². The Hall–Kier alpha value is -0.610. The molecule has 0 saturated heterocycles. The molecule has 8 heteroatoms. The van der Waals surface area contributed by atoms with E-state index in [2.05, 4.69) is 32.6 Å². The topological polar surface area (TPSA) is 61.4 Å². The number of halogens is 2. The largest absolute Gasteiger partial charge is 0.377 e. The number of alkyl halides is 1. The number of anilines is 1. The maximum Gasteiger partial charge on any atom is 0.241 e. The Morgan fingerprint density at radius 2 is 1.68 bits per heavy atom. The second kappa shape index (κ2) is 10.5. The molecule has 0 heterocycles. The normalized spacial score (nSPS) is 11.3. The third kappa shape index (κ3) is 5.96. The fraction of sp³-hybridized carbons (Fsp3) is 0.412. The summed E-state index contributed by atoms with van der Waals surface area (Å²) in [7, 11) is 0.376. The van der Waals surface area contributed by atoms with E-state index in [0.29, 0.717) is 18.0 Å². The average molecular weight is 498 g/mol. The van der Waals surface area contributed by atoms with Gasteiger partial charge in [-0.05, 0) is 25.1 Å². The molecule has 140 valence electrons. The van der Waals surface area contributed by atoms with Gasteiger partial charge in [0.05, 0.1) is 4.90 Å². The fourth-order valence-corrected chi connectivity index (χ4v) is 4.19. The molecule has 0 saturated carbocycles. The van der Waals surface area contributed by atoms with E-state index in [9.17, 15) is 8.42 Å². The number of benzene rings is 2. The summed E-state index contributed by atoms with van der Waals surface area (Å²) < 4.78 is 29.1. The van der Waals surface area contributed by atoms with E-state index in [1.165, 1.54) is 0 Å². The Labute approximate surface area is 170 Å². The number of hydrogen-bond donors (Lipinski definition) is 2. The predicted octanol–water partition coefficient (Wildman–Crippen LogP) is 3.02. The number of hydrogen-bond acceptors (Lipinski definition) is 4. The lowest BCUT2D eigenvalue weighted by atomic mass is 10.1. The molecule has 2 rings (SSSR count). The third-order valence-corrected chi connectivity index (χ3v) is 5.99. The highest BCUT2D eigenvalue weighted by atomic mass is 127. The van der Waals surface area contributed by atoms with Crippen molar-refractivity contribution in [2.75, 3.05) is 43.1 Å². The van der Waals surface area contributed by atoms with E-state index in [1.54, 1.807) is 12.1 Å². The zero-order valence-electron chi connectivity index (χ0n) is 14.5. The monoisotopic (exact) mass is 497 g/mol. The van der Waals surface area contributed by atoms with E-state index in [-0.39, 0.29) is 12.4 Å². The van der Waals surface area contributed by atoms with E-state index in [1.807, 2.05) is 43.3 Å². The van der Waals surface area contributed by atoms with Crippen LogP contribution in [0.3, 0.4) is 0 Å². The molecule has 0 unspecified atom stereocenters. The summed E-state index contributed by atoms with van der Waals surface area (Å²) in [5.74, 6) is 0. The first-order valence-electron chi connectivity index (χ1n) is 7.93. The van der Waals surface area contributed by atoms with Crippen molar-refractivity contribution in [3.05, 3.63) is 36.4 Å². The van der Waals surface area contributed by atoms with Crippen LogP contribution in [-0.4, -0.2) is 46.6 Å². The van der Waals surface area contributed by atoms with Gasteiger partial charge in [0.2, 0.25) is 10.0 Å². The number of rotatable bonds is 9. The smallest absolute Gasteiger partial charge is 0.241 e. The number of nitrogens with one attached hydrogen (secondary N) is 2. The first kappa shape index (κ1) is 22.4. The summed E-state index contributed by atoms with van der Waals surface area (Å²) in [6.45, 7) is 1.92. The summed E-state index contributed by atoms with van der Waals surface area (Å²) in [5, 5.41) is 4.91. The SMILES string of the molecule is CN(C)c1cccc2c(S(=O)(=O)NCCNCCCI)cccc12.Cl. The minimum Gasteiger partial charge on any atom is -0.377 e. The second-order valence-corrected chi connectivity index (χ2v) is 8.53. The highest BCUT2D eigenvalue weighted by Crippen LogP contribution is 2.29. The van der Waals surface area contributed by atoms with Crippen LogP contribution in [0.1, 0.15) is 6.42 Å². The van der Waals surface area contributed by atoms with Crippen molar-refractivity contribution in [3.63, 3.8) is 0 Å². The first-order valence-corrected chi connectivity index (χ1v) is 10.9. The minimum atomic E-state index is -3.53. The van der Waals surface area contributed by atoms with Crippen LogP contribution < -0.4 is 14.9 Å². The fourth-order valence-electron chi connectivity index (χ4n) is 2.56. The van der Waals surface area contributed by atoms with Crippen LogP contribution >= 0.6 is 35.0 Å². The van der Waals surface area contributed by atoms with Gasteiger partial charge in [0.15, 0.2) is 0 Å². The lowest BCUT2D eigenvalue weighted by molar-refractivity contribution is 0.576. The molecule has 0 spiro atoms. The van der Waals surface area contributed by atoms with Crippen LogP contribution in [0, 0.1) is 0 Å². The first-order chi connectivity index (χ1) is 11.5. The quantitative estimate of drug-likeness (QED) is 0.318. The molecule has 5 nitrogen and oxygen atoms in total. The van der Waals surface area contributed by atoms with Gasteiger partial charge in [0.25, 0.3) is 0 Å². The summed E-state index contributed by atoms with van der Waals surface area (Å²) in [6, 6.07) is 11.1. The molecule has 0 radical (unpaired) electrons. The van der Waals surface area contributed by atoms with Gasteiger partial charge in [-0.3, -0.25) is 0 Å². The van der Waals surface area contributed by atoms with Gasteiger partial charge < -0.3 is 10.2 Å². The van der Waals surface area contributed by atoms with Crippen molar-refractivity contribution < 1.29 is 8.42 Å². The maximum atomic E-state index is 12.7. The molecule has 2 N–H and O–H groups in total. The lowest BCUT2D eigenvalue weighted by Crippen LogP contribution is -2.32. The van der Waals surface area contributed by atoms with Gasteiger partial charge in [0, 0.05) is 48.1 Å². The second-order valence-electron chi connectivity index (χ2n) is 5.71. The summed E-state index contributed by atoms with van der Waals surface area (Å²) in [4.78, 5) is 2.32. The van der Waals surface area contributed by atoms with Crippen molar-refractivity contribution in [1.82, 2.24) is 10.0 Å². The van der Waals surface area contributed by atoms with Crippen molar-refractivity contribution >= 4 is 61.5 Å². The van der Waals surface area contributed by atoms with Crippen molar-refractivity contribution in [1.29, 1.82) is 0 Å². The number of sulfonamides is 1. The Morgan fingerprint density at radius 1 is 1.00 bits per heavy atom. The van der Waals surface area contributed by atoms with Gasteiger partial charge in [-0.15, -0.1) is 12.4 Å². The zero-order chi connectivity index (χ0) is 17.6. The summed E-state index contributed by atoms with van der Waals surface area (Å²) in [5.41, 5.74) is 1.00. The van der Waals surface area contributed by atoms with Crippen LogP contribution in [0.2, 0.25) is 0 Å². The van der Waals surface area contributed by atoms with Crippen LogP contribution in [0.25, 0.3) is 10.8 Å². The molecule has 0 aliphatic rings. The highest BCUT2D eigenvalue weighted by Gasteiger charge is 2.17. The summed E-state index contributed by atoms with van der Waals surface area (Å²) in [6.07, 6.45) is 1.09. The average Bonchev–Trinajstić information content (AvgIpc) is 2.56. The van der Waals surface area contributed by atoms with Crippen LogP contribution in [0.15, 0.2) is 41.3 Å². The number of fused-ring (bicyclic) bond motifs is 1. The molecule has 25 heavy (non-hydrogen) atoms. The van der Waals surface area contributed by atoms with E-state index >= 15 is 0 Å². The van der Waals surface area contributed by atoms with Crippen LogP contribution in [0.5, 0.6) is 0 Å². The molecule has 0 aliphatic heterocycles. The zero-order valence-corrected chi connectivity index (χ0v) is 18.2. The maximum absolute atomic E-state index is 12.7. The molecular formula is C17H25ClIN3O2S. The highest BCUT2D eigenvalue weighted by molar-refractivity contribution is 14.1. The number of nitrogens with zero attached hydrogens (tertiary/aromatic N) is 1. The van der Waals surface area contributed by atoms with Gasteiger partial charge in [-0.2, -0.15) is 0 Å². The van der Waals surface area contributed by atoms with Crippen molar-refractivity contribution in [2.45, 2.75) is 11.3 Å². The van der Waals surface area contributed by atoms with E-state index in [0.717, 1.165) is 33.9 Å². The Bertz CT molecular complexity index is 785. The van der Waals surface area contributed by atoms with Crippen LogP contribution in [0.4, 0.5) is 5.69 Å². The third-order valence-electron chi connectivity index (χ3n) is 3.71. The molecule has 0 bridgehead atoms. The van der Waals surface area contributed by atoms with E-state index in [4.69, 9.17) is 0 Å². The lowest BCUT2D eigenvalue weighted by Gasteiger charge is -2.17. The molecular weight excluding hydrogens is 473 g/mol. The minimum absolute atomic E-state index is 0. The predicted molar refractivity (Wildman–Crippen MR) is 117 cm³/mol. The Balaban J connectivity index is 0.00000312. The molecule has 0 fully saturated rings. The van der Waals surface area contributed by atoms with Crippen LogP contribution in [-0.2, 0) is 10.0 Å². The molecule has 0 atom stereocenters.